The molecule has 0 radical (unpaired) electrons. The minimum atomic E-state index is -4.05. The number of aromatic nitrogens is 1. The number of aliphatic hydroxyl groups is 1. The van der Waals surface area contributed by atoms with Gasteiger partial charge in [-0.2, -0.15) is 0 Å². The molecule has 4 rings (SSSR count). The van der Waals surface area contributed by atoms with Gasteiger partial charge in [-0.05, 0) is 30.3 Å². The van der Waals surface area contributed by atoms with Crippen molar-refractivity contribution in [2.75, 3.05) is 0 Å². The molecule has 0 spiro atoms. The minimum absolute atomic E-state index is 0.0183. The van der Waals surface area contributed by atoms with Gasteiger partial charge < -0.3 is 5.11 Å². The van der Waals surface area contributed by atoms with Crippen LogP contribution in [0.1, 0.15) is 17.4 Å². The zero-order chi connectivity index (χ0) is 20.6. The van der Waals surface area contributed by atoms with Crippen LogP contribution in [0.4, 0.5) is 5.69 Å². The molecule has 8 heteroatoms. The molecular weight excluding hydrogens is 392 g/mol. The van der Waals surface area contributed by atoms with Gasteiger partial charge >= 0.3 is 0 Å². The van der Waals surface area contributed by atoms with Crippen LogP contribution in [0.2, 0.25) is 0 Å². The third kappa shape index (κ3) is 3.18. The Hall–Kier alpha value is -3.49. The van der Waals surface area contributed by atoms with E-state index in [1.54, 1.807) is 48.5 Å². The molecule has 4 aromatic rings. The highest BCUT2D eigenvalue weighted by atomic mass is 32.2. The SMILES string of the molecule is O=[N+]([O-])c1ccccc1C(O)c1cc2ccccc2n1S(=O)(=O)c1ccccc1. The van der Waals surface area contributed by atoms with Crippen LogP contribution in [0.15, 0.2) is 89.8 Å². The van der Waals surface area contributed by atoms with Gasteiger partial charge in [0.05, 0.1) is 26.6 Å². The fourth-order valence-electron chi connectivity index (χ4n) is 3.35. The number of hydrogen-bond donors (Lipinski definition) is 1. The van der Waals surface area contributed by atoms with Crippen LogP contribution < -0.4 is 0 Å². The van der Waals surface area contributed by atoms with Crippen LogP contribution in [0.3, 0.4) is 0 Å². The van der Waals surface area contributed by atoms with Crippen molar-refractivity contribution in [1.29, 1.82) is 0 Å². The summed E-state index contributed by atoms with van der Waals surface area (Å²) in [5.74, 6) is 0. The topological polar surface area (TPSA) is 102 Å². The van der Waals surface area contributed by atoms with Crippen molar-refractivity contribution in [2.24, 2.45) is 0 Å². The van der Waals surface area contributed by atoms with E-state index in [0.29, 0.717) is 10.9 Å². The van der Waals surface area contributed by atoms with Crippen molar-refractivity contribution in [1.82, 2.24) is 3.97 Å². The molecule has 3 aromatic carbocycles. The Morgan fingerprint density at radius 3 is 2.24 bits per heavy atom. The first kappa shape index (κ1) is 18.9. The monoisotopic (exact) mass is 408 g/mol. The van der Waals surface area contributed by atoms with Crippen molar-refractivity contribution >= 4 is 26.6 Å². The number of aliphatic hydroxyl groups excluding tert-OH is 1. The first-order chi connectivity index (χ1) is 13.9. The molecule has 1 unspecified atom stereocenters. The van der Waals surface area contributed by atoms with Crippen molar-refractivity contribution in [3.63, 3.8) is 0 Å². The highest BCUT2D eigenvalue weighted by Gasteiger charge is 2.30. The van der Waals surface area contributed by atoms with Gasteiger partial charge in [0.15, 0.2) is 0 Å². The molecule has 0 aliphatic rings. The van der Waals surface area contributed by atoms with E-state index in [1.807, 2.05) is 0 Å². The normalized spacial score (nSPS) is 12.7. The van der Waals surface area contributed by atoms with Gasteiger partial charge in [0.25, 0.3) is 15.7 Å². The maximum Gasteiger partial charge on any atom is 0.275 e. The molecule has 7 nitrogen and oxygen atoms in total. The number of hydrogen-bond acceptors (Lipinski definition) is 5. The van der Waals surface area contributed by atoms with Gasteiger partial charge in [0.1, 0.15) is 6.10 Å². The van der Waals surface area contributed by atoms with Crippen molar-refractivity contribution in [3.8, 4) is 0 Å². The Kier molecular flexibility index (Phi) is 4.65. The average Bonchev–Trinajstić information content (AvgIpc) is 3.14. The predicted octanol–water partition coefficient (Wildman–Crippen LogP) is 3.87. The van der Waals surface area contributed by atoms with Crippen LogP contribution >= 0.6 is 0 Å². The van der Waals surface area contributed by atoms with Gasteiger partial charge in [-0.25, -0.2) is 12.4 Å². The Morgan fingerprint density at radius 1 is 0.897 bits per heavy atom. The van der Waals surface area contributed by atoms with Crippen LogP contribution in [-0.2, 0) is 10.0 Å². The number of benzene rings is 3. The van der Waals surface area contributed by atoms with E-state index in [-0.39, 0.29) is 21.8 Å². The molecule has 146 valence electrons. The molecule has 1 atom stereocenters. The van der Waals surface area contributed by atoms with Crippen molar-refractivity contribution in [3.05, 3.63) is 106 Å². The zero-order valence-corrected chi connectivity index (χ0v) is 15.9. The van der Waals surface area contributed by atoms with E-state index in [0.717, 1.165) is 3.97 Å². The van der Waals surface area contributed by atoms with Crippen LogP contribution in [-0.4, -0.2) is 22.4 Å². The highest BCUT2D eigenvalue weighted by molar-refractivity contribution is 7.90. The molecule has 0 saturated heterocycles. The smallest absolute Gasteiger partial charge is 0.275 e. The molecule has 1 aromatic heterocycles. The van der Waals surface area contributed by atoms with Gasteiger partial charge in [-0.15, -0.1) is 0 Å². The van der Waals surface area contributed by atoms with Gasteiger partial charge in [-0.3, -0.25) is 10.1 Å². The summed E-state index contributed by atoms with van der Waals surface area (Å²) >= 11 is 0. The van der Waals surface area contributed by atoms with Crippen molar-refractivity contribution < 1.29 is 18.4 Å². The molecular formula is C21H16N2O5S. The maximum absolute atomic E-state index is 13.4. The lowest BCUT2D eigenvalue weighted by Gasteiger charge is -2.16. The fourth-order valence-corrected chi connectivity index (χ4v) is 4.92. The van der Waals surface area contributed by atoms with E-state index >= 15 is 0 Å². The number of nitrogens with zero attached hydrogens (tertiary/aromatic N) is 2. The summed E-state index contributed by atoms with van der Waals surface area (Å²) in [5.41, 5.74) is 0.145. The largest absolute Gasteiger partial charge is 0.382 e. The van der Waals surface area contributed by atoms with E-state index < -0.39 is 21.1 Å². The second kappa shape index (κ2) is 7.16. The summed E-state index contributed by atoms with van der Waals surface area (Å²) in [6.45, 7) is 0. The Labute approximate surface area is 166 Å². The summed E-state index contributed by atoms with van der Waals surface area (Å²) in [6.07, 6.45) is -1.51. The standard InChI is InChI=1S/C21H16N2O5S/c24-21(17-11-5-7-13-19(17)23(25)26)20-14-15-8-4-6-12-18(15)22(20)29(27,28)16-9-2-1-3-10-16/h1-14,21,24H. The summed E-state index contributed by atoms with van der Waals surface area (Å²) in [5, 5.41) is 23.0. The van der Waals surface area contributed by atoms with Gasteiger partial charge in [0, 0.05) is 11.5 Å². The Balaban J connectivity index is 2.00. The molecule has 0 fully saturated rings. The Bertz CT molecular complexity index is 1310. The van der Waals surface area contributed by atoms with E-state index in [1.165, 1.54) is 36.4 Å². The van der Waals surface area contributed by atoms with E-state index in [4.69, 9.17) is 0 Å². The van der Waals surface area contributed by atoms with E-state index in [2.05, 4.69) is 0 Å². The summed E-state index contributed by atoms with van der Waals surface area (Å²) in [7, 11) is -4.05. The van der Waals surface area contributed by atoms with Crippen LogP contribution in [0.5, 0.6) is 0 Å². The molecule has 1 heterocycles. The molecule has 0 aliphatic carbocycles. The van der Waals surface area contributed by atoms with Gasteiger partial charge in [-0.1, -0.05) is 48.5 Å². The second-order valence-electron chi connectivity index (χ2n) is 6.43. The number of nitro benzene ring substituents is 1. The summed E-state index contributed by atoms with van der Waals surface area (Å²) < 4.78 is 27.9. The molecule has 0 saturated carbocycles. The first-order valence-electron chi connectivity index (χ1n) is 8.73. The number of rotatable bonds is 5. The summed E-state index contributed by atoms with van der Waals surface area (Å²) in [4.78, 5) is 10.9. The number of nitro groups is 1. The highest BCUT2D eigenvalue weighted by Crippen LogP contribution is 2.35. The van der Waals surface area contributed by atoms with Crippen LogP contribution in [0, 0.1) is 10.1 Å². The second-order valence-corrected chi connectivity index (χ2v) is 8.22. The van der Waals surface area contributed by atoms with Gasteiger partial charge in [0.2, 0.25) is 0 Å². The molecule has 0 aliphatic heterocycles. The summed E-state index contributed by atoms with van der Waals surface area (Å²) in [6, 6.07) is 21.9. The first-order valence-corrected chi connectivity index (χ1v) is 10.2. The molecule has 0 amide bonds. The van der Waals surface area contributed by atoms with Crippen molar-refractivity contribution in [2.45, 2.75) is 11.0 Å². The minimum Gasteiger partial charge on any atom is -0.382 e. The maximum atomic E-state index is 13.4. The Morgan fingerprint density at radius 2 is 1.52 bits per heavy atom. The zero-order valence-electron chi connectivity index (χ0n) is 15.0. The lowest BCUT2D eigenvalue weighted by atomic mass is 10.0. The molecule has 1 N–H and O–H groups in total. The average molecular weight is 408 g/mol. The third-order valence-corrected chi connectivity index (χ3v) is 6.44. The quantitative estimate of drug-likeness (QED) is 0.399. The molecule has 29 heavy (non-hydrogen) atoms. The molecule has 0 bridgehead atoms. The number of para-hydroxylation sites is 2. The predicted molar refractivity (Wildman–Crippen MR) is 108 cm³/mol. The third-order valence-electron chi connectivity index (χ3n) is 4.68. The lowest BCUT2D eigenvalue weighted by Crippen LogP contribution is -2.18. The lowest BCUT2D eigenvalue weighted by molar-refractivity contribution is -0.386. The number of fused-ring (bicyclic) bond motifs is 1. The van der Waals surface area contributed by atoms with E-state index in [9.17, 15) is 23.6 Å². The fraction of sp³-hybridized carbons (Fsp3) is 0.0476. The van der Waals surface area contributed by atoms with Crippen LogP contribution in [0.25, 0.3) is 10.9 Å².